The second-order valence-electron chi connectivity index (χ2n) is 6.61. The molecule has 2 N–H and O–H groups in total. The predicted molar refractivity (Wildman–Crippen MR) is 97.5 cm³/mol. The molecular weight excluding hydrogens is 399 g/mol. The van der Waals surface area contributed by atoms with Gasteiger partial charge in [-0.05, 0) is 37.5 Å². The summed E-state index contributed by atoms with van der Waals surface area (Å²) in [5.41, 5.74) is -1.88. The number of rotatable bonds is 7. The van der Waals surface area contributed by atoms with Crippen molar-refractivity contribution in [2.24, 2.45) is 5.92 Å². The number of nitrogens with one attached hydrogen (secondary N) is 2. The molecule has 1 heterocycles. The number of benzene rings is 1. The Morgan fingerprint density at radius 3 is 2.50 bits per heavy atom. The van der Waals surface area contributed by atoms with E-state index in [1.165, 1.54) is 13.0 Å². The molecule has 0 saturated heterocycles. The molecule has 28 heavy (non-hydrogen) atoms. The van der Waals surface area contributed by atoms with Gasteiger partial charge in [-0.25, -0.2) is 8.42 Å². The number of anilines is 2. The van der Waals surface area contributed by atoms with Gasteiger partial charge in [0.1, 0.15) is 11.3 Å². The first-order valence-corrected chi connectivity index (χ1v) is 9.98. The van der Waals surface area contributed by atoms with E-state index in [4.69, 9.17) is 4.52 Å². The van der Waals surface area contributed by atoms with Gasteiger partial charge in [-0.1, -0.05) is 19.0 Å². The van der Waals surface area contributed by atoms with Gasteiger partial charge in [0.25, 0.3) is 5.91 Å². The fourth-order valence-corrected chi connectivity index (χ4v) is 3.67. The van der Waals surface area contributed by atoms with Crippen molar-refractivity contribution in [2.45, 2.75) is 33.4 Å². The average molecular weight is 419 g/mol. The summed E-state index contributed by atoms with van der Waals surface area (Å²) in [5, 5.41) is 5.74. The summed E-state index contributed by atoms with van der Waals surface area (Å²) in [6, 6.07) is 2.81. The average Bonchev–Trinajstić information content (AvgIpc) is 2.99. The van der Waals surface area contributed by atoms with Gasteiger partial charge in [-0.3, -0.25) is 9.52 Å². The lowest BCUT2D eigenvalue weighted by Crippen LogP contribution is -2.21. The van der Waals surface area contributed by atoms with Crippen LogP contribution in [0.5, 0.6) is 0 Å². The highest BCUT2D eigenvalue weighted by molar-refractivity contribution is 7.92. The normalized spacial score (nSPS) is 12.2. The van der Waals surface area contributed by atoms with Crippen LogP contribution in [0.4, 0.5) is 24.5 Å². The molecule has 0 atom stereocenters. The van der Waals surface area contributed by atoms with Crippen LogP contribution >= 0.6 is 0 Å². The van der Waals surface area contributed by atoms with E-state index in [-0.39, 0.29) is 28.7 Å². The number of hydrogen-bond acceptors (Lipinski definition) is 5. The lowest BCUT2D eigenvalue weighted by Gasteiger charge is -2.17. The molecule has 0 unspecified atom stereocenters. The first kappa shape index (κ1) is 21.7. The Bertz CT molecular complexity index is 953. The van der Waals surface area contributed by atoms with E-state index < -0.39 is 33.4 Å². The van der Waals surface area contributed by atoms with Crippen LogP contribution in [0.2, 0.25) is 0 Å². The Kier molecular flexibility index (Phi) is 6.37. The third-order valence-electron chi connectivity index (χ3n) is 3.81. The molecule has 0 aliphatic carbocycles. The molecule has 1 aromatic carbocycles. The van der Waals surface area contributed by atoms with Crippen LogP contribution in [0.15, 0.2) is 28.9 Å². The number of hydrogen-bond donors (Lipinski definition) is 2. The second-order valence-corrected chi connectivity index (χ2v) is 8.45. The molecular formula is C17H20F3N3O4S. The zero-order valence-corrected chi connectivity index (χ0v) is 16.2. The molecule has 154 valence electrons. The Morgan fingerprint density at radius 1 is 1.29 bits per heavy atom. The molecule has 0 fully saturated rings. The van der Waals surface area contributed by atoms with Crippen molar-refractivity contribution >= 4 is 27.3 Å². The summed E-state index contributed by atoms with van der Waals surface area (Å²) in [6.07, 6.45) is -3.38. The molecule has 1 aromatic heterocycles. The maximum absolute atomic E-state index is 13.4. The smallest absolute Gasteiger partial charge is 0.361 e. The summed E-state index contributed by atoms with van der Waals surface area (Å²) >= 11 is 0. The van der Waals surface area contributed by atoms with Gasteiger partial charge >= 0.3 is 6.18 Å². The number of carbonyl (C=O) groups is 1. The Labute approximate surface area is 160 Å². The predicted octanol–water partition coefficient (Wildman–Crippen LogP) is 4.04. The van der Waals surface area contributed by atoms with Crippen LogP contribution in [-0.2, 0) is 16.2 Å². The number of amides is 1. The molecule has 0 radical (unpaired) electrons. The van der Waals surface area contributed by atoms with Gasteiger partial charge in [-0.15, -0.1) is 0 Å². The van der Waals surface area contributed by atoms with Crippen LogP contribution in [0, 0.1) is 12.8 Å². The maximum atomic E-state index is 13.4. The van der Waals surface area contributed by atoms with E-state index >= 15 is 0 Å². The van der Waals surface area contributed by atoms with Gasteiger partial charge in [-0.2, -0.15) is 13.2 Å². The molecule has 0 spiro atoms. The summed E-state index contributed by atoms with van der Waals surface area (Å²) in [7, 11) is -3.95. The number of nitrogens with zero attached hydrogens (tertiary/aromatic N) is 1. The zero-order chi connectivity index (χ0) is 21.1. The Morgan fingerprint density at radius 2 is 1.96 bits per heavy atom. The third-order valence-corrected chi connectivity index (χ3v) is 5.11. The van der Waals surface area contributed by atoms with Gasteiger partial charge < -0.3 is 9.84 Å². The van der Waals surface area contributed by atoms with Crippen molar-refractivity contribution in [3.8, 4) is 0 Å². The fourth-order valence-electron chi connectivity index (χ4n) is 2.27. The fraction of sp³-hybridized carbons (Fsp3) is 0.412. The molecule has 0 saturated carbocycles. The maximum Gasteiger partial charge on any atom is 0.418 e. The highest BCUT2D eigenvalue weighted by Crippen LogP contribution is 2.37. The lowest BCUT2D eigenvalue weighted by molar-refractivity contribution is -0.136. The third kappa shape index (κ3) is 5.72. The van der Waals surface area contributed by atoms with E-state index in [2.05, 4.69) is 10.5 Å². The summed E-state index contributed by atoms with van der Waals surface area (Å²) in [4.78, 5) is 12.1. The molecule has 7 nitrogen and oxygen atoms in total. The quantitative estimate of drug-likeness (QED) is 0.705. The van der Waals surface area contributed by atoms with Crippen molar-refractivity contribution in [3.63, 3.8) is 0 Å². The zero-order valence-electron chi connectivity index (χ0n) is 15.4. The highest BCUT2D eigenvalue weighted by atomic mass is 32.2. The van der Waals surface area contributed by atoms with Gasteiger partial charge in [0.05, 0.1) is 23.2 Å². The van der Waals surface area contributed by atoms with Crippen LogP contribution < -0.4 is 10.0 Å². The van der Waals surface area contributed by atoms with Gasteiger partial charge in [0.2, 0.25) is 10.0 Å². The molecule has 1 amide bonds. The minimum Gasteiger partial charge on any atom is -0.361 e. The van der Waals surface area contributed by atoms with E-state index in [0.717, 1.165) is 12.3 Å². The number of sulfonamides is 1. The van der Waals surface area contributed by atoms with Crippen molar-refractivity contribution in [2.75, 3.05) is 15.8 Å². The number of carbonyl (C=O) groups excluding carboxylic acids is 1. The van der Waals surface area contributed by atoms with Crippen LogP contribution in [-0.4, -0.2) is 25.2 Å². The van der Waals surface area contributed by atoms with Gasteiger partial charge in [0, 0.05) is 5.69 Å². The summed E-state index contributed by atoms with van der Waals surface area (Å²) < 4.78 is 71.1. The molecule has 11 heteroatoms. The SMILES string of the molecule is Cc1oncc1C(=O)Nc1ccc(NS(=O)(=O)CCC(C)C)c(C(F)(F)F)c1. The van der Waals surface area contributed by atoms with E-state index in [0.29, 0.717) is 12.5 Å². The highest BCUT2D eigenvalue weighted by Gasteiger charge is 2.35. The number of halogens is 3. The van der Waals surface area contributed by atoms with Crippen LogP contribution in [0.1, 0.15) is 41.9 Å². The minimum absolute atomic E-state index is 0.0759. The van der Waals surface area contributed by atoms with Crippen molar-refractivity contribution in [1.82, 2.24) is 5.16 Å². The first-order chi connectivity index (χ1) is 12.9. The Hall–Kier alpha value is -2.56. The first-order valence-electron chi connectivity index (χ1n) is 8.33. The lowest BCUT2D eigenvalue weighted by atomic mass is 10.1. The topological polar surface area (TPSA) is 101 Å². The molecule has 2 rings (SSSR count). The number of aryl methyl sites for hydroxylation is 1. The van der Waals surface area contributed by atoms with Crippen LogP contribution in [0.3, 0.4) is 0 Å². The monoisotopic (exact) mass is 419 g/mol. The Balaban J connectivity index is 2.29. The molecule has 0 bridgehead atoms. The van der Waals surface area contributed by atoms with E-state index in [9.17, 15) is 26.4 Å². The number of alkyl halides is 3. The summed E-state index contributed by atoms with van der Waals surface area (Å²) in [5.74, 6) is -0.704. The van der Waals surface area contributed by atoms with E-state index in [1.54, 1.807) is 0 Å². The largest absolute Gasteiger partial charge is 0.418 e. The minimum atomic E-state index is -4.83. The molecule has 0 aliphatic heterocycles. The molecule has 2 aromatic rings. The van der Waals surface area contributed by atoms with Crippen molar-refractivity contribution in [1.29, 1.82) is 0 Å². The number of aromatic nitrogens is 1. The second kappa shape index (κ2) is 8.21. The van der Waals surface area contributed by atoms with E-state index in [1.807, 2.05) is 18.6 Å². The molecule has 0 aliphatic rings. The van der Waals surface area contributed by atoms with Crippen LogP contribution in [0.25, 0.3) is 0 Å². The van der Waals surface area contributed by atoms with Gasteiger partial charge in [0.15, 0.2) is 0 Å². The van der Waals surface area contributed by atoms with Crippen molar-refractivity contribution < 1.29 is 30.9 Å². The standard InChI is InChI=1S/C17H20F3N3O4S/c1-10(2)6-7-28(25,26)23-15-5-4-12(8-14(15)17(18,19)20)22-16(24)13-9-21-27-11(13)3/h4-5,8-10,23H,6-7H2,1-3H3,(H,22,24). The summed E-state index contributed by atoms with van der Waals surface area (Å²) in [6.45, 7) is 5.11. The van der Waals surface area contributed by atoms with Crippen molar-refractivity contribution in [3.05, 3.63) is 41.3 Å².